The Balaban J connectivity index is 3.18. The number of pyridine rings is 1. The van der Waals surface area contributed by atoms with Crippen LogP contribution in [0.3, 0.4) is 0 Å². The average Bonchev–Trinajstić information content (AvgIpc) is 2.10. The molecule has 1 heterocycles. The van der Waals surface area contributed by atoms with Gasteiger partial charge in [0.1, 0.15) is 11.8 Å². The Hall–Kier alpha value is -0.560. The normalized spacial score (nSPS) is 10.9. The van der Waals surface area contributed by atoms with Gasteiger partial charge in [-0.15, -0.1) is 13.2 Å². The van der Waals surface area contributed by atoms with E-state index in [1.54, 1.807) is 28.7 Å². The standard InChI is InChI=1S/C7HBrF3IN2O/c8-5-4(12)1-3(2-13)14-6(5)15-7(9,10)11/h1H. The van der Waals surface area contributed by atoms with E-state index < -0.39 is 12.2 Å². The lowest BCUT2D eigenvalue weighted by molar-refractivity contribution is -0.276. The lowest BCUT2D eigenvalue weighted by atomic mass is 10.4. The first-order valence-electron chi connectivity index (χ1n) is 3.35. The Labute approximate surface area is 105 Å². The third-order valence-electron chi connectivity index (χ3n) is 1.21. The maximum absolute atomic E-state index is 11.9. The molecule has 0 saturated carbocycles. The fourth-order valence-electron chi connectivity index (χ4n) is 0.711. The van der Waals surface area contributed by atoms with Gasteiger partial charge >= 0.3 is 6.36 Å². The molecular formula is C7HBrF3IN2O. The fraction of sp³-hybridized carbons (Fsp3) is 0.143. The lowest BCUT2D eigenvalue weighted by Gasteiger charge is -2.10. The largest absolute Gasteiger partial charge is 0.574 e. The summed E-state index contributed by atoms with van der Waals surface area (Å²) in [4.78, 5) is 3.38. The van der Waals surface area contributed by atoms with Crippen LogP contribution in [0, 0.1) is 14.9 Å². The van der Waals surface area contributed by atoms with Crippen LogP contribution in [0.15, 0.2) is 10.5 Å². The summed E-state index contributed by atoms with van der Waals surface area (Å²) in [5.74, 6) is -0.661. The number of nitrogens with zero attached hydrogens (tertiary/aromatic N) is 2. The van der Waals surface area contributed by atoms with Gasteiger partial charge in [-0.1, -0.05) is 0 Å². The molecule has 15 heavy (non-hydrogen) atoms. The van der Waals surface area contributed by atoms with Crippen molar-refractivity contribution in [3.8, 4) is 11.9 Å². The van der Waals surface area contributed by atoms with Crippen molar-refractivity contribution in [2.24, 2.45) is 0 Å². The Morgan fingerprint density at radius 1 is 1.53 bits per heavy atom. The maximum atomic E-state index is 11.9. The molecule has 0 aliphatic carbocycles. The molecule has 0 saturated heterocycles. The third kappa shape index (κ3) is 3.49. The second-order valence-corrected chi connectivity index (χ2v) is 4.22. The van der Waals surface area contributed by atoms with E-state index in [2.05, 4.69) is 25.7 Å². The van der Waals surface area contributed by atoms with Crippen LogP contribution in [-0.2, 0) is 0 Å². The molecule has 0 aromatic carbocycles. The van der Waals surface area contributed by atoms with Crippen molar-refractivity contribution in [3.63, 3.8) is 0 Å². The van der Waals surface area contributed by atoms with Crippen molar-refractivity contribution in [1.82, 2.24) is 4.98 Å². The molecule has 0 aliphatic rings. The van der Waals surface area contributed by atoms with Gasteiger partial charge in [-0.2, -0.15) is 5.26 Å². The van der Waals surface area contributed by atoms with Gasteiger partial charge in [0.05, 0.1) is 4.47 Å². The van der Waals surface area contributed by atoms with Crippen molar-refractivity contribution >= 4 is 38.5 Å². The topological polar surface area (TPSA) is 45.9 Å². The van der Waals surface area contributed by atoms with Crippen LogP contribution < -0.4 is 4.74 Å². The van der Waals surface area contributed by atoms with E-state index in [0.29, 0.717) is 3.57 Å². The van der Waals surface area contributed by atoms with E-state index in [-0.39, 0.29) is 10.2 Å². The monoisotopic (exact) mass is 392 g/mol. The predicted molar refractivity (Wildman–Crippen MR) is 56.1 cm³/mol. The molecule has 0 bridgehead atoms. The summed E-state index contributed by atoms with van der Waals surface area (Å²) in [6.07, 6.45) is -4.83. The molecule has 0 N–H and O–H groups in total. The first-order chi connectivity index (χ1) is 6.83. The number of rotatable bonds is 1. The Morgan fingerprint density at radius 3 is 2.60 bits per heavy atom. The van der Waals surface area contributed by atoms with E-state index in [0.717, 1.165) is 0 Å². The highest BCUT2D eigenvalue weighted by Crippen LogP contribution is 2.32. The number of ether oxygens (including phenoxy) is 1. The van der Waals surface area contributed by atoms with Crippen molar-refractivity contribution < 1.29 is 17.9 Å². The minimum absolute atomic E-state index is 0.0689. The van der Waals surface area contributed by atoms with Gasteiger partial charge in [0.2, 0.25) is 5.88 Å². The molecule has 1 aromatic heterocycles. The van der Waals surface area contributed by atoms with Crippen LogP contribution in [-0.4, -0.2) is 11.3 Å². The van der Waals surface area contributed by atoms with Crippen molar-refractivity contribution in [1.29, 1.82) is 5.26 Å². The minimum Gasteiger partial charge on any atom is -0.387 e. The SMILES string of the molecule is N#Cc1cc(I)c(Br)c(OC(F)(F)F)n1. The molecule has 0 spiro atoms. The second kappa shape index (κ2) is 4.52. The summed E-state index contributed by atoms with van der Waals surface area (Å²) in [5.41, 5.74) is -0.137. The number of hydrogen-bond acceptors (Lipinski definition) is 3. The van der Waals surface area contributed by atoms with E-state index in [1.165, 1.54) is 6.07 Å². The van der Waals surface area contributed by atoms with Gasteiger partial charge in [-0.05, 0) is 44.6 Å². The van der Waals surface area contributed by atoms with Crippen LogP contribution in [0.25, 0.3) is 0 Å². The fourth-order valence-corrected chi connectivity index (χ4v) is 1.52. The Morgan fingerprint density at radius 2 is 2.13 bits per heavy atom. The number of aromatic nitrogens is 1. The zero-order valence-electron chi connectivity index (χ0n) is 6.77. The number of hydrogen-bond donors (Lipinski definition) is 0. The van der Waals surface area contributed by atoms with Crippen molar-refractivity contribution in [2.45, 2.75) is 6.36 Å². The van der Waals surface area contributed by atoms with Crippen LogP contribution in [0.1, 0.15) is 5.69 Å². The van der Waals surface area contributed by atoms with Gasteiger partial charge in [0.15, 0.2) is 0 Å². The molecule has 1 rings (SSSR count). The number of halogens is 5. The summed E-state index contributed by atoms with van der Waals surface area (Å²) in [6, 6.07) is 2.98. The molecular weight excluding hydrogens is 392 g/mol. The third-order valence-corrected chi connectivity index (χ3v) is 3.57. The van der Waals surface area contributed by atoms with Gasteiger partial charge < -0.3 is 4.74 Å². The molecule has 0 unspecified atom stereocenters. The second-order valence-electron chi connectivity index (χ2n) is 2.27. The predicted octanol–water partition coefficient (Wildman–Crippen LogP) is 3.22. The van der Waals surface area contributed by atoms with E-state index in [1.807, 2.05) is 0 Å². The van der Waals surface area contributed by atoms with Crippen LogP contribution in [0.2, 0.25) is 0 Å². The minimum atomic E-state index is -4.83. The maximum Gasteiger partial charge on any atom is 0.574 e. The zero-order chi connectivity index (χ0) is 11.6. The summed E-state index contributed by atoms with van der Waals surface area (Å²) in [5, 5.41) is 8.51. The van der Waals surface area contributed by atoms with Crippen molar-refractivity contribution in [3.05, 3.63) is 19.8 Å². The summed E-state index contributed by atoms with van der Waals surface area (Å²) >= 11 is 4.66. The first kappa shape index (κ1) is 12.5. The Kier molecular flexibility index (Phi) is 3.77. The van der Waals surface area contributed by atoms with Gasteiger partial charge in [0.25, 0.3) is 0 Å². The average molecular weight is 393 g/mol. The molecule has 8 heteroatoms. The van der Waals surface area contributed by atoms with E-state index in [9.17, 15) is 13.2 Å². The van der Waals surface area contributed by atoms with Crippen molar-refractivity contribution in [2.75, 3.05) is 0 Å². The molecule has 80 valence electrons. The van der Waals surface area contributed by atoms with E-state index >= 15 is 0 Å². The van der Waals surface area contributed by atoms with Crippen LogP contribution >= 0.6 is 38.5 Å². The number of alkyl halides is 3. The summed E-state index contributed by atoms with van der Waals surface area (Å²) in [7, 11) is 0. The quantitative estimate of drug-likeness (QED) is 0.689. The smallest absolute Gasteiger partial charge is 0.387 e. The highest BCUT2D eigenvalue weighted by Gasteiger charge is 2.33. The lowest BCUT2D eigenvalue weighted by Crippen LogP contribution is -2.18. The van der Waals surface area contributed by atoms with Crippen LogP contribution in [0.4, 0.5) is 13.2 Å². The molecule has 0 atom stereocenters. The molecule has 0 fully saturated rings. The highest BCUT2D eigenvalue weighted by atomic mass is 127. The Bertz CT molecular complexity index is 429. The summed E-state index contributed by atoms with van der Waals surface area (Å²) < 4.78 is 39.9. The molecule has 0 aliphatic heterocycles. The molecule has 1 aromatic rings. The summed E-state index contributed by atoms with van der Waals surface area (Å²) in [6.45, 7) is 0. The molecule has 3 nitrogen and oxygen atoms in total. The number of nitriles is 1. The van der Waals surface area contributed by atoms with Gasteiger partial charge in [-0.3, -0.25) is 0 Å². The van der Waals surface area contributed by atoms with Gasteiger partial charge in [0, 0.05) is 3.57 Å². The van der Waals surface area contributed by atoms with Crippen LogP contribution in [0.5, 0.6) is 5.88 Å². The highest BCUT2D eigenvalue weighted by molar-refractivity contribution is 14.1. The molecule has 0 amide bonds. The zero-order valence-corrected chi connectivity index (χ0v) is 10.5. The van der Waals surface area contributed by atoms with E-state index in [4.69, 9.17) is 5.26 Å². The molecule has 0 radical (unpaired) electrons. The first-order valence-corrected chi connectivity index (χ1v) is 5.22. The van der Waals surface area contributed by atoms with Gasteiger partial charge in [-0.25, -0.2) is 4.98 Å².